The first-order valence-corrected chi connectivity index (χ1v) is 9.49. The number of nitrogen functional groups attached to an aromatic ring is 1. The van der Waals surface area contributed by atoms with Gasteiger partial charge in [0.15, 0.2) is 11.4 Å². The lowest BCUT2D eigenvalue weighted by Gasteiger charge is -2.30. The number of nitrogens with zero attached hydrogens (tertiary/aromatic N) is 5. The van der Waals surface area contributed by atoms with E-state index < -0.39 is 29.8 Å². The van der Waals surface area contributed by atoms with Gasteiger partial charge in [-0.25, -0.2) is 28.1 Å². The van der Waals surface area contributed by atoms with Crippen LogP contribution in [0.15, 0.2) is 30.7 Å². The van der Waals surface area contributed by atoms with E-state index in [-0.39, 0.29) is 24.4 Å². The van der Waals surface area contributed by atoms with Crippen LogP contribution in [0, 0.1) is 5.82 Å². The SMILES string of the molecule is CC(C)(NC(=O)O)Oc1ncc(F)cc1[C@H]1C[C@H](F)CN1c1ccn2ncc(N)c2n1. The predicted octanol–water partition coefficient (Wildman–Crippen LogP) is 2.52. The Hall–Kier alpha value is -3.70. The van der Waals surface area contributed by atoms with E-state index in [1.54, 1.807) is 17.2 Å². The summed E-state index contributed by atoms with van der Waals surface area (Å²) in [5.41, 5.74) is 5.61. The summed E-state index contributed by atoms with van der Waals surface area (Å²) in [6.45, 7) is 2.99. The fourth-order valence-electron chi connectivity index (χ4n) is 3.66. The van der Waals surface area contributed by atoms with Crippen LogP contribution in [0.2, 0.25) is 0 Å². The summed E-state index contributed by atoms with van der Waals surface area (Å²) in [7, 11) is 0. The maximum Gasteiger partial charge on any atom is 0.407 e. The van der Waals surface area contributed by atoms with Gasteiger partial charge in [0, 0.05) is 18.2 Å². The lowest BCUT2D eigenvalue weighted by molar-refractivity contribution is 0.0632. The minimum Gasteiger partial charge on any atom is -0.465 e. The number of carboxylic acid groups (broad SMARTS) is 1. The first-order chi connectivity index (χ1) is 14.6. The van der Waals surface area contributed by atoms with E-state index in [2.05, 4.69) is 20.4 Å². The van der Waals surface area contributed by atoms with Crippen LogP contribution in [0.5, 0.6) is 5.88 Å². The van der Waals surface area contributed by atoms with Crippen LogP contribution in [0.25, 0.3) is 5.65 Å². The maximum absolute atomic E-state index is 14.5. The second kappa shape index (κ2) is 7.52. The number of carbonyl (C=O) groups is 1. The smallest absolute Gasteiger partial charge is 0.407 e. The van der Waals surface area contributed by atoms with Crippen LogP contribution in [0.4, 0.5) is 25.1 Å². The summed E-state index contributed by atoms with van der Waals surface area (Å²) >= 11 is 0. The van der Waals surface area contributed by atoms with Crippen molar-refractivity contribution in [1.82, 2.24) is 24.9 Å². The monoisotopic (exact) mass is 433 g/mol. The largest absolute Gasteiger partial charge is 0.465 e. The third-order valence-corrected chi connectivity index (χ3v) is 4.89. The molecule has 1 aliphatic heterocycles. The number of anilines is 2. The number of nitrogens with one attached hydrogen (secondary N) is 1. The zero-order valence-electron chi connectivity index (χ0n) is 16.8. The van der Waals surface area contributed by atoms with Gasteiger partial charge < -0.3 is 20.5 Å². The van der Waals surface area contributed by atoms with Gasteiger partial charge in [-0.2, -0.15) is 5.10 Å². The molecular formula is C19H21F2N7O3. The second-order valence-corrected chi connectivity index (χ2v) is 7.75. The molecular weight excluding hydrogens is 412 g/mol. The highest BCUT2D eigenvalue weighted by atomic mass is 19.1. The highest BCUT2D eigenvalue weighted by Gasteiger charge is 2.37. The Morgan fingerprint density at radius 1 is 1.42 bits per heavy atom. The van der Waals surface area contributed by atoms with Gasteiger partial charge in [0.05, 0.1) is 30.7 Å². The molecule has 0 aliphatic carbocycles. The minimum atomic E-state index is -1.35. The topological polar surface area (TPSA) is 131 Å². The van der Waals surface area contributed by atoms with Crippen LogP contribution in [-0.4, -0.2) is 49.2 Å². The molecule has 4 rings (SSSR count). The summed E-state index contributed by atoms with van der Waals surface area (Å²) in [5, 5.41) is 15.3. The van der Waals surface area contributed by atoms with E-state index >= 15 is 0 Å². The first kappa shape index (κ1) is 20.6. The average molecular weight is 433 g/mol. The second-order valence-electron chi connectivity index (χ2n) is 7.75. The number of amides is 1. The van der Waals surface area contributed by atoms with Crippen molar-refractivity contribution in [3.8, 4) is 5.88 Å². The number of rotatable bonds is 5. The molecule has 0 radical (unpaired) electrons. The van der Waals surface area contributed by atoms with Crippen LogP contribution in [0.3, 0.4) is 0 Å². The summed E-state index contributed by atoms with van der Waals surface area (Å²) in [5.74, 6) is -0.200. The van der Waals surface area contributed by atoms with Crippen molar-refractivity contribution in [2.75, 3.05) is 17.2 Å². The van der Waals surface area contributed by atoms with Gasteiger partial charge in [0.25, 0.3) is 0 Å². The lowest BCUT2D eigenvalue weighted by Crippen LogP contribution is -2.47. The number of alkyl halides is 1. The first-order valence-electron chi connectivity index (χ1n) is 9.49. The van der Waals surface area contributed by atoms with Gasteiger partial charge in [0.1, 0.15) is 17.8 Å². The van der Waals surface area contributed by atoms with E-state index in [4.69, 9.17) is 15.6 Å². The maximum atomic E-state index is 14.5. The molecule has 3 aromatic rings. The molecule has 164 valence electrons. The van der Waals surface area contributed by atoms with E-state index in [9.17, 15) is 13.6 Å². The van der Waals surface area contributed by atoms with E-state index in [0.717, 1.165) is 6.20 Å². The van der Waals surface area contributed by atoms with Crippen molar-refractivity contribution in [3.63, 3.8) is 0 Å². The summed E-state index contributed by atoms with van der Waals surface area (Å²) in [4.78, 5) is 21.2. The number of pyridine rings is 1. The molecule has 1 aliphatic rings. The third kappa shape index (κ3) is 4.13. The molecule has 4 heterocycles. The Bertz CT molecular complexity index is 1140. The highest BCUT2D eigenvalue weighted by molar-refractivity contribution is 5.66. The molecule has 1 fully saturated rings. The van der Waals surface area contributed by atoms with Crippen molar-refractivity contribution >= 4 is 23.2 Å². The number of hydrogen-bond donors (Lipinski definition) is 3. The average Bonchev–Trinajstić information content (AvgIpc) is 3.24. The number of fused-ring (bicyclic) bond motifs is 1. The molecule has 0 aromatic carbocycles. The number of ether oxygens (including phenoxy) is 1. The number of aromatic nitrogens is 4. The van der Waals surface area contributed by atoms with Gasteiger partial charge >= 0.3 is 6.09 Å². The van der Waals surface area contributed by atoms with Crippen LogP contribution >= 0.6 is 0 Å². The van der Waals surface area contributed by atoms with Crippen LogP contribution < -0.4 is 20.7 Å². The molecule has 3 aromatic heterocycles. The zero-order valence-corrected chi connectivity index (χ0v) is 16.8. The molecule has 31 heavy (non-hydrogen) atoms. The molecule has 4 N–H and O–H groups in total. The highest BCUT2D eigenvalue weighted by Crippen LogP contribution is 2.40. The van der Waals surface area contributed by atoms with Crippen LogP contribution in [-0.2, 0) is 0 Å². The fourth-order valence-corrected chi connectivity index (χ4v) is 3.66. The molecule has 0 saturated carbocycles. The van der Waals surface area contributed by atoms with E-state index in [0.29, 0.717) is 17.2 Å². The molecule has 0 unspecified atom stereocenters. The third-order valence-electron chi connectivity index (χ3n) is 4.89. The lowest BCUT2D eigenvalue weighted by atomic mass is 10.1. The Morgan fingerprint density at radius 3 is 2.94 bits per heavy atom. The van der Waals surface area contributed by atoms with E-state index in [1.807, 2.05) is 0 Å². The van der Waals surface area contributed by atoms with Gasteiger partial charge in [-0.05, 0) is 26.0 Å². The Labute approximate surface area is 175 Å². The molecule has 12 heteroatoms. The summed E-state index contributed by atoms with van der Waals surface area (Å²) in [6.07, 6.45) is 1.63. The summed E-state index contributed by atoms with van der Waals surface area (Å²) < 4.78 is 35.8. The van der Waals surface area contributed by atoms with Crippen molar-refractivity contribution in [1.29, 1.82) is 0 Å². The molecule has 10 nitrogen and oxygen atoms in total. The molecule has 0 bridgehead atoms. The molecule has 1 saturated heterocycles. The fraction of sp³-hybridized carbons (Fsp3) is 0.368. The number of hydrogen-bond acceptors (Lipinski definition) is 7. The van der Waals surface area contributed by atoms with Crippen LogP contribution in [0.1, 0.15) is 31.9 Å². The Morgan fingerprint density at radius 2 is 2.19 bits per heavy atom. The van der Waals surface area contributed by atoms with Gasteiger partial charge in [0.2, 0.25) is 5.88 Å². The quantitative estimate of drug-likeness (QED) is 0.523. The van der Waals surface area contributed by atoms with Gasteiger partial charge in [-0.15, -0.1) is 0 Å². The minimum absolute atomic E-state index is 0.00538. The predicted molar refractivity (Wildman–Crippen MR) is 107 cm³/mol. The number of halogens is 2. The zero-order chi connectivity index (χ0) is 22.3. The van der Waals surface area contributed by atoms with Crippen molar-refractivity contribution in [2.45, 2.75) is 38.2 Å². The van der Waals surface area contributed by atoms with Crippen molar-refractivity contribution < 1.29 is 23.4 Å². The Kier molecular flexibility index (Phi) is 4.99. The Balaban J connectivity index is 1.73. The standard InChI is InChI=1S/C19H21F2N7O3/c1-19(2,26-18(29)30)31-17-12(5-10(20)7-23-17)14-6-11(21)9-27(14)15-3-4-28-16(25-15)13(22)8-24-28/h3-5,7-8,11,14,26H,6,9,22H2,1-2H3,(H,29,30)/t11-,14+/m0/s1. The number of nitrogens with two attached hydrogens (primary N) is 1. The normalized spacial score (nSPS) is 19.0. The van der Waals surface area contributed by atoms with Gasteiger partial charge in [-0.1, -0.05) is 0 Å². The van der Waals surface area contributed by atoms with E-state index in [1.165, 1.54) is 30.6 Å². The molecule has 0 spiro atoms. The molecule has 1 amide bonds. The van der Waals surface area contributed by atoms with Crippen molar-refractivity contribution in [3.05, 3.63) is 42.1 Å². The van der Waals surface area contributed by atoms with Gasteiger partial charge in [-0.3, -0.25) is 5.32 Å². The summed E-state index contributed by atoms with van der Waals surface area (Å²) in [6, 6.07) is 2.22. The van der Waals surface area contributed by atoms with Crippen molar-refractivity contribution in [2.24, 2.45) is 0 Å². The molecule has 2 atom stereocenters.